The summed E-state index contributed by atoms with van der Waals surface area (Å²) in [6, 6.07) is 88.6. The Balaban J connectivity index is 0.844. The van der Waals surface area contributed by atoms with Crippen LogP contribution in [0.3, 0.4) is 0 Å². The maximum absolute atomic E-state index is 5.46. The largest absolute Gasteiger partial charge is 0.350 e. The molecule has 14 rings (SSSR count). The van der Waals surface area contributed by atoms with Crippen molar-refractivity contribution in [1.82, 2.24) is 19.8 Å². The van der Waals surface area contributed by atoms with Gasteiger partial charge in [-0.25, -0.2) is 4.99 Å². The fraction of sp³-hybridized carbons (Fsp3) is 0.0896. The fourth-order valence-electron chi connectivity index (χ4n) is 12.0. The Labute approximate surface area is 419 Å². The van der Waals surface area contributed by atoms with E-state index in [9.17, 15) is 0 Å². The van der Waals surface area contributed by atoms with Crippen LogP contribution in [0, 0.1) is 0 Å². The molecule has 2 N–H and O–H groups in total. The average molecular weight is 926 g/mol. The van der Waals surface area contributed by atoms with Crippen molar-refractivity contribution >= 4 is 49.4 Å². The zero-order valence-electron chi connectivity index (χ0n) is 40.0. The third-order valence-corrected chi connectivity index (χ3v) is 15.6. The van der Waals surface area contributed by atoms with Crippen LogP contribution < -0.4 is 10.6 Å². The van der Waals surface area contributed by atoms with E-state index >= 15 is 0 Å². The number of para-hydroxylation sites is 3. The summed E-state index contributed by atoms with van der Waals surface area (Å²) in [7, 11) is 0. The molecule has 0 spiro atoms. The molecule has 2 aliphatic rings. The van der Waals surface area contributed by atoms with Gasteiger partial charge in [0.25, 0.3) is 0 Å². The number of rotatable bonds is 8. The first kappa shape index (κ1) is 42.1. The number of aromatic nitrogens is 2. The normalized spacial score (nSPS) is 16.8. The molecule has 72 heavy (non-hydrogen) atoms. The predicted molar refractivity (Wildman–Crippen MR) is 298 cm³/mol. The number of fused-ring (bicyclic) bond motifs is 10. The lowest BCUT2D eigenvalue weighted by Crippen LogP contribution is -2.45. The SMILES string of the molecule is CC(c1cccc(C2N=C(c3ccc(-c4ccccc4)cc3)NC(c3ccc(-n4c5ccccc5c5c4ccc4c6ccccc6n(-c6ccccc6)c45)cc3)N2)c1)C1Cc2ccccc2-c2ccccc21. The quantitative estimate of drug-likeness (QED) is 0.159. The summed E-state index contributed by atoms with van der Waals surface area (Å²) in [4.78, 5) is 5.46. The van der Waals surface area contributed by atoms with E-state index in [1.807, 2.05) is 0 Å². The lowest BCUT2D eigenvalue weighted by Gasteiger charge is -2.34. The molecule has 0 amide bonds. The molecule has 0 fully saturated rings. The van der Waals surface area contributed by atoms with Gasteiger partial charge in [-0.1, -0.05) is 207 Å². The molecule has 4 unspecified atom stereocenters. The zero-order valence-corrected chi connectivity index (χ0v) is 40.0. The van der Waals surface area contributed by atoms with E-state index in [-0.39, 0.29) is 18.2 Å². The molecule has 4 atom stereocenters. The van der Waals surface area contributed by atoms with E-state index in [2.05, 4.69) is 269 Å². The second-order valence-electron chi connectivity index (χ2n) is 19.6. The minimum atomic E-state index is -0.289. The van der Waals surface area contributed by atoms with Crippen LogP contribution in [-0.2, 0) is 6.42 Å². The van der Waals surface area contributed by atoms with Gasteiger partial charge in [0, 0.05) is 38.5 Å². The Hall–Kier alpha value is -8.77. The first-order valence-electron chi connectivity index (χ1n) is 25.3. The molecular weight excluding hydrogens is 875 g/mol. The van der Waals surface area contributed by atoms with E-state index < -0.39 is 0 Å². The Morgan fingerprint density at radius 2 is 1.11 bits per heavy atom. The zero-order chi connectivity index (χ0) is 47.7. The standard InChI is InChI=1S/C67H51N5/c1-43(59-42-49-19-8-9-24-53(49)54-25-10-11-26-55(54)59)48-20-16-21-50(41-48)67-69-65(46-33-31-45(32-34-46)44-17-4-2-5-18-44)68-66(70-67)47-35-37-52(38-36-47)71-61-30-15-13-28-58(61)63-62(71)40-39-57-56-27-12-14-29-60(56)72(64(57)63)51-22-6-3-7-23-51/h2-41,43,59,66-67,70H,42H2,1H3,(H,68,69). The van der Waals surface area contributed by atoms with Crippen LogP contribution in [0.2, 0.25) is 0 Å². The minimum absolute atomic E-state index is 0.215. The van der Waals surface area contributed by atoms with E-state index in [0.717, 1.165) is 40.3 Å². The summed E-state index contributed by atoms with van der Waals surface area (Å²) in [5.41, 5.74) is 19.6. The molecule has 2 aromatic heterocycles. The second kappa shape index (κ2) is 17.3. The van der Waals surface area contributed by atoms with Gasteiger partial charge in [0.2, 0.25) is 0 Å². The fourth-order valence-corrected chi connectivity index (χ4v) is 12.0. The summed E-state index contributed by atoms with van der Waals surface area (Å²) in [6.45, 7) is 2.40. The number of hydrogen-bond donors (Lipinski definition) is 2. The third kappa shape index (κ3) is 6.99. The van der Waals surface area contributed by atoms with Crippen molar-refractivity contribution in [2.45, 2.75) is 37.5 Å². The lowest BCUT2D eigenvalue weighted by molar-refractivity contribution is 0.408. The molecule has 0 radical (unpaired) electrons. The smallest absolute Gasteiger partial charge is 0.131 e. The molecule has 344 valence electrons. The first-order chi connectivity index (χ1) is 35.6. The highest BCUT2D eigenvalue weighted by atomic mass is 15.3. The molecule has 12 aromatic rings. The van der Waals surface area contributed by atoms with Crippen molar-refractivity contribution in [2.24, 2.45) is 4.99 Å². The molecule has 10 aromatic carbocycles. The van der Waals surface area contributed by atoms with Crippen LogP contribution in [0.25, 0.3) is 77.2 Å². The van der Waals surface area contributed by atoms with Crippen molar-refractivity contribution < 1.29 is 0 Å². The molecule has 0 saturated heterocycles. The topological polar surface area (TPSA) is 46.3 Å². The number of hydrogen-bond acceptors (Lipinski definition) is 3. The third-order valence-electron chi connectivity index (χ3n) is 15.6. The molecule has 3 heterocycles. The van der Waals surface area contributed by atoms with Crippen molar-refractivity contribution in [2.75, 3.05) is 0 Å². The van der Waals surface area contributed by atoms with Crippen molar-refractivity contribution in [3.8, 4) is 33.6 Å². The molecular formula is C67H51N5. The second-order valence-corrected chi connectivity index (χ2v) is 19.6. The van der Waals surface area contributed by atoms with Crippen LogP contribution in [0.15, 0.2) is 248 Å². The van der Waals surface area contributed by atoms with Gasteiger partial charge in [-0.15, -0.1) is 0 Å². The van der Waals surface area contributed by atoms with Gasteiger partial charge in [0.15, 0.2) is 0 Å². The maximum Gasteiger partial charge on any atom is 0.131 e. The summed E-state index contributed by atoms with van der Waals surface area (Å²) in [5, 5.41) is 12.8. The van der Waals surface area contributed by atoms with Crippen LogP contribution in [0.1, 0.15) is 64.5 Å². The van der Waals surface area contributed by atoms with E-state index in [4.69, 9.17) is 4.99 Å². The molecule has 0 bridgehead atoms. The molecule has 1 aliphatic carbocycles. The maximum atomic E-state index is 5.46. The van der Waals surface area contributed by atoms with E-state index in [0.29, 0.717) is 5.92 Å². The first-order valence-corrected chi connectivity index (χ1v) is 25.3. The average Bonchev–Trinajstić information content (AvgIpc) is 3.98. The van der Waals surface area contributed by atoms with E-state index in [1.54, 1.807) is 0 Å². The monoisotopic (exact) mass is 925 g/mol. The number of aliphatic imine (C=N–C) groups is 1. The van der Waals surface area contributed by atoms with Gasteiger partial charge in [-0.2, -0.15) is 0 Å². The number of benzene rings is 10. The summed E-state index contributed by atoms with van der Waals surface area (Å²) in [5.74, 6) is 1.51. The van der Waals surface area contributed by atoms with Gasteiger partial charge < -0.3 is 14.5 Å². The van der Waals surface area contributed by atoms with Crippen LogP contribution in [0.5, 0.6) is 0 Å². The van der Waals surface area contributed by atoms with Crippen LogP contribution >= 0.6 is 0 Å². The van der Waals surface area contributed by atoms with Gasteiger partial charge in [-0.05, 0) is 111 Å². The number of nitrogens with one attached hydrogen (secondary N) is 2. The summed E-state index contributed by atoms with van der Waals surface area (Å²) < 4.78 is 4.88. The molecule has 5 nitrogen and oxygen atoms in total. The Kier molecular flexibility index (Phi) is 10.1. The van der Waals surface area contributed by atoms with Crippen LogP contribution in [0.4, 0.5) is 0 Å². The highest BCUT2D eigenvalue weighted by Crippen LogP contribution is 2.47. The molecule has 5 heteroatoms. The van der Waals surface area contributed by atoms with E-state index in [1.165, 1.54) is 82.6 Å². The van der Waals surface area contributed by atoms with Gasteiger partial charge >= 0.3 is 0 Å². The van der Waals surface area contributed by atoms with Crippen molar-refractivity contribution in [3.63, 3.8) is 0 Å². The summed E-state index contributed by atoms with van der Waals surface area (Å²) in [6.07, 6.45) is 0.510. The summed E-state index contributed by atoms with van der Waals surface area (Å²) >= 11 is 0. The molecule has 1 aliphatic heterocycles. The highest BCUT2D eigenvalue weighted by molar-refractivity contribution is 6.26. The predicted octanol–water partition coefficient (Wildman–Crippen LogP) is 16.0. The number of amidine groups is 1. The highest BCUT2D eigenvalue weighted by Gasteiger charge is 2.31. The van der Waals surface area contributed by atoms with Gasteiger partial charge in [0.05, 0.1) is 22.1 Å². The molecule has 0 saturated carbocycles. The Morgan fingerprint density at radius 1 is 0.472 bits per heavy atom. The Bertz CT molecular complexity index is 4030. The number of nitrogens with zero attached hydrogens (tertiary/aromatic N) is 3. The van der Waals surface area contributed by atoms with Gasteiger partial charge in [0.1, 0.15) is 18.2 Å². The van der Waals surface area contributed by atoms with Crippen molar-refractivity contribution in [3.05, 3.63) is 276 Å². The van der Waals surface area contributed by atoms with Crippen molar-refractivity contribution in [1.29, 1.82) is 0 Å². The van der Waals surface area contributed by atoms with Crippen LogP contribution in [-0.4, -0.2) is 15.0 Å². The van der Waals surface area contributed by atoms with Gasteiger partial charge in [-0.3, -0.25) is 5.32 Å². The minimum Gasteiger partial charge on any atom is -0.350 e. The Morgan fingerprint density at radius 3 is 1.92 bits per heavy atom. The lowest BCUT2D eigenvalue weighted by atomic mass is 9.71.